The van der Waals surface area contributed by atoms with Gasteiger partial charge in [0.25, 0.3) is 0 Å². The first-order valence-corrected chi connectivity index (χ1v) is 14.7. The average molecular weight is 578 g/mol. The summed E-state index contributed by atoms with van der Waals surface area (Å²) in [6, 6.07) is 3.83. The van der Waals surface area contributed by atoms with Gasteiger partial charge in [-0.15, -0.1) is 11.3 Å². The van der Waals surface area contributed by atoms with Crippen molar-refractivity contribution in [3.63, 3.8) is 0 Å². The number of carboxylic acid groups (broad SMARTS) is 1. The number of thiophene rings is 1. The third-order valence-electron chi connectivity index (χ3n) is 8.13. The highest BCUT2D eigenvalue weighted by Gasteiger charge is 2.35. The number of benzene rings is 1. The predicted octanol–water partition coefficient (Wildman–Crippen LogP) is 3.79. The Labute approximate surface area is 239 Å². The van der Waals surface area contributed by atoms with Gasteiger partial charge in [0.2, 0.25) is 5.91 Å². The molecule has 2 aliphatic heterocycles. The van der Waals surface area contributed by atoms with Crippen LogP contribution in [0.1, 0.15) is 30.7 Å². The SMILES string of the molecule is C[C@@H]1CN(C(=O)[C@H]2CCc3c(sc4ncnc(Nc5cc6cn[nH]c6cc5OC5CN(C(=O)O)C5)c34)C2)C[C@H](C)O1. The van der Waals surface area contributed by atoms with Crippen LogP contribution in [0, 0.1) is 5.92 Å². The lowest BCUT2D eigenvalue weighted by Gasteiger charge is -2.37. The predicted molar refractivity (Wildman–Crippen MR) is 153 cm³/mol. The van der Waals surface area contributed by atoms with Gasteiger partial charge in [0.1, 0.15) is 28.8 Å². The molecule has 2 amide bonds. The molecule has 1 aromatic carbocycles. The normalized spacial score (nSPS) is 22.9. The molecule has 3 aliphatic rings. The van der Waals surface area contributed by atoms with Gasteiger partial charge < -0.3 is 29.7 Å². The Hall–Kier alpha value is -3.97. The number of nitrogens with zero attached hydrogens (tertiary/aromatic N) is 5. The quantitative estimate of drug-likeness (QED) is 0.322. The van der Waals surface area contributed by atoms with Crippen LogP contribution in [0.4, 0.5) is 16.3 Å². The average Bonchev–Trinajstić information content (AvgIpc) is 3.53. The van der Waals surface area contributed by atoms with Gasteiger partial charge in [-0.1, -0.05) is 0 Å². The van der Waals surface area contributed by atoms with Crippen LogP contribution in [-0.4, -0.2) is 91.6 Å². The number of aromatic nitrogens is 4. The summed E-state index contributed by atoms with van der Waals surface area (Å²) in [5.41, 5.74) is 2.73. The maximum absolute atomic E-state index is 13.5. The molecule has 1 aliphatic carbocycles. The Bertz CT molecular complexity index is 1640. The van der Waals surface area contributed by atoms with Crippen molar-refractivity contribution in [1.29, 1.82) is 0 Å². The van der Waals surface area contributed by atoms with Crippen molar-refractivity contribution in [2.24, 2.45) is 5.92 Å². The molecule has 2 fully saturated rings. The second-order valence-corrected chi connectivity index (χ2v) is 12.3. The number of rotatable bonds is 5. The van der Waals surface area contributed by atoms with E-state index in [4.69, 9.17) is 9.47 Å². The highest BCUT2D eigenvalue weighted by Crippen LogP contribution is 2.42. The van der Waals surface area contributed by atoms with Gasteiger partial charge in [-0.2, -0.15) is 5.10 Å². The Kier molecular flexibility index (Phi) is 6.42. The summed E-state index contributed by atoms with van der Waals surface area (Å²) in [5, 5.41) is 21.7. The minimum Gasteiger partial charge on any atom is -0.484 e. The summed E-state index contributed by atoms with van der Waals surface area (Å²) in [6.45, 7) is 5.94. The van der Waals surface area contributed by atoms with Gasteiger partial charge in [-0.05, 0) is 44.7 Å². The van der Waals surface area contributed by atoms with E-state index in [1.807, 2.05) is 30.9 Å². The first-order chi connectivity index (χ1) is 19.8. The lowest BCUT2D eigenvalue weighted by Crippen LogP contribution is -2.55. The molecule has 3 aromatic heterocycles. The van der Waals surface area contributed by atoms with Gasteiger partial charge in [-0.3, -0.25) is 9.89 Å². The van der Waals surface area contributed by atoms with Gasteiger partial charge in [0.15, 0.2) is 0 Å². The molecule has 4 aromatic rings. The van der Waals surface area contributed by atoms with Crippen LogP contribution >= 0.6 is 11.3 Å². The number of carbonyl (C=O) groups excluding carboxylic acids is 1. The molecule has 3 N–H and O–H groups in total. The summed E-state index contributed by atoms with van der Waals surface area (Å²) in [4.78, 5) is 39.2. The molecule has 5 heterocycles. The van der Waals surface area contributed by atoms with E-state index in [0.29, 0.717) is 49.9 Å². The highest BCUT2D eigenvalue weighted by molar-refractivity contribution is 7.19. The number of hydrogen-bond acceptors (Lipinski definition) is 9. The maximum Gasteiger partial charge on any atom is 0.407 e. The number of likely N-dealkylation sites (tertiary alicyclic amines) is 1. The van der Waals surface area contributed by atoms with Crippen LogP contribution in [-0.2, 0) is 22.4 Å². The fourth-order valence-corrected chi connectivity index (χ4v) is 7.44. The third kappa shape index (κ3) is 4.82. The summed E-state index contributed by atoms with van der Waals surface area (Å²) < 4.78 is 12.1. The van der Waals surface area contributed by atoms with Crippen LogP contribution in [0.3, 0.4) is 0 Å². The van der Waals surface area contributed by atoms with Crippen LogP contribution < -0.4 is 10.1 Å². The number of hydrogen-bond donors (Lipinski definition) is 3. The lowest BCUT2D eigenvalue weighted by atomic mass is 9.86. The van der Waals surface area contributed by atoms with Crippen molar-refractivity contribution >= 4 is 56.0 Å². The zero-order chi connectivity index (χ0) is 28.2. The Balaban J connectivity index is 1.16. The molecule has 0 spiro atoms. The van der Waals surface area contributed by atoms with E-state index in [2.05, 4.69) is 25.5 Å². The van der Waals surface area contributed by atoms with E-state index in [-0.39, 0.29) is 30.1 Å². The highest BCUT2D eigenvalue weighted by atomic mass is 32.1. The first kappa shape index (κ1) is 26.0. The van der Waals surface area contributed by atoms with Gasteiger partial charge in [0, 0.05) is 35.3 Å². The van der Waals surface area contributed by atoms with Crippen LogP contribution in [0.25, 0.3) is 21.1 Å². The molecular formula is C28H31N7O5S. The largest absolute Gasteiger partial charge is 0.484 e. The Morgan fingerprint density at radius 2 is 1.95 bits per heavy atom. The number of ether oxygens (including phenoxy) is 2. The first-order valence-electron chi connectivity index (χ1n) is 13.9. The minimum atomic E-state index is -0.948. The monoisotopic (exact) mass is 577 g/mol. The minimum absolute atomic E-state index is 0.0469. The van der Waals surface area contributed by atoms with Gasteiger partial charge in [0.05, 0.1) is 48.1 Å². The summed E-state index contributed by atoms with van der Waals surface area (Å²) >= 11 is 1.63. The number of morpholine rings is 1. The molecule has 41 heavy (non-hydrogen) atoms. The molecule has 3 atom stereocenters. The zero-order valence-corrected chi connectivity index (χ0v) is 23.6. The molecule has 214 valence electrons. The summed E-state index contributed by atoms with van der Waals surface area (Å²) in [7, 11) is 0. The number of nitrogens with one attached hydrogen (secondary N) is 2. The van der Waals surface area contributed by atoms with Gasteiger partial charge >= 0.3 is 6.09 Å². The van der Waals surface area contributed by atoms with E-state index in [1.165, 1.54) is 15.3 Å². The Morgan fingerprint density at radius 1 is 1.15 bits per heavy atom. The van der Waals surface area contributed by atoms with E-state index in [1.54, 1.807) is 23.9 Å². The van der Waals surface area contributed by atoms with Crippen LogP contribution in [0.15, 0.2) is 24.7 Å². The molecule has 0 saturated carbocycles. The smallest absolute Gasteiger partial charge is 0.407 e. The van der Waals surface area contributed by atoms with E-state index in [0.717, 1.165) is 34.0 Å². The molecule has 0 bridgehead atoms. The summed E-state index contributed by atoms with van der Waals surface area (Å²) in [6.07, 6.45) is 4.47. The standard InChI is InChI=1S/C28H31N7O5S/c1-14-9-34(10-15(2)39-14)27(36)16-3-4-19-23(6-16)41-26-24(19)25(29-13-30-26)32-21-5-17-8-31-33-20(17)7-22(21)40-18-11-35(12-18)28(37)38/h5,7-8,13-16,18H,3-4,6,9-12H2,1-2H3,(H,31,33)(H,37,38)(H,29,30,32)/t14-,15+,16-/m0/s1. The molecular weight excluding hydrogens is 546 g/mol. The zero-order valence-electron chi connectivity index (χ0n) is 22.8. The van der Waals surface area contributed by atoms with E-state index in [9.17, 15) is 14.7 Å². The Morgan fingerprint density at radius 3 is 2.73 bits per heavy atom. The van der Waals surface area contributed by atoms with Crippen molar-refractivity contribution in [1.82, 2.24) is 30.0 Å². The fourth-order valence-electron chi connectivity index (χ4n) is 6.17. The van der Waals surface area contributed by atoms with Crippen molar-refractivity contribution in [3.8, 4) is 5.75 Å². The topological polar surface area (TPSA) is 146 Å². The molecule has 12 nitrogen and oxygen atoms in total. The molecule has 2 saturated heterocycles. The van der Waals surface area contributed by atoms with E-state index < -0.39 is 6.09 Å². The maximum atomic E-state index is 13.5. The number of H-pyrrole nitrogens is 1. The van der Waals surface area contributed by atoms with Crippen molar-refractivity contribution in [2.75, 3.05) is 31.5 Å². The second-order valence-electron chi connectivity index (χ2n) is 11.2. The number of amides is 2. The molecule has 7 rings (SSSR count). The number of aryl methyl sites for hydroxylation is 1. The molecule has 0 unspecified atom stereocenters. The fraction of sp³-hybridized carbons (Fsp3) is 0.464. The van der Waals surface area contributed by atoms with Crippen LogP contribution in [0.2, 0.25) is 0 Å². The molecule has 13 heteroatoms. The van der Waals surface area contributed by atoms with Crippen molar-refractivity contribution in [3.05, 3.63) is 35.1 Å². The van der Waals surface area contributed by atoms with Crippen LogP contribution in [0.5, 0.6) is 5.75 Å². The lowest BCUT2D eigenvalue weighted by molar-refractivity contribution is -0.147. The molecule has 0 radical (unpaired) electrons. The third-order valence-corrected chi connectivity index (χ3v) is 9.29. The number of aromatic amines is 1. The van der Waals surface area contributed by atoms with Gasteiger partial charge in [-0.25, -0.2) is 14.8 Å². The number of anilines is 2. The van der Waals surface area contributed by atoms with Crippen molar-refractivity contribution < 1.29 is 24.2 Å². The van der Waals surface area contributed by atoms with E-state index >= 15 is 0 Å². The summed E-state index contributed by atoms with van der Waals surface area (Å²) in [5.74, 6) is 1.44. The van der Waals surface area contributed by atoms with Crippen molar-refractivity contribution in [2.45, 2.75) is 51.4 Å². The number of fused-ring (bicyclic) bond motifs is 4. The second kappa shape index (κ2) is 10.1. The number of carbonyl (C=O) groups is 2.